The number of hydrogen-bond acceptors (Lipinski definition) is 5. The zero-order valence-electron chi connectivity index (χ0n) is 17.1. The van der Waals surface area contributed by atoms with Gasteiger partial charge in [0.1, 0.15) is 5.01 Å². The molecule has 2 aromatic carbocycles. The first-order chi connectivity index (χ1) is 14.6. The van der Waals surface area contributed by atoms with Crippen LogP contribution in [-0.2, 0) is 11.3 Å². The minimum atomic E-state index is -0.124. The van der Waals surface area contributed by atoms with E-state index in [9.17, 15) is 9.59 Å². The van der Waals surface area contributed by atoms with E-state index in [0.717, 1.165) is 48.8 Å². The van der Waals surface area contributed by atoms with E-state index in [0.29, 0.717) is 18.5 Å². The zero-order chi connectivity index (χ0) is 20.9. The number of rotatable bonds is 6. The summed E-state index contributed by atoms with van der Waals surface area (Å²) in [4.78, 5) is 33.7. The summed E-state index contributed by atoms with van der Waals surface area (Å²) in [6, 6.07) is 15.7. The summed E-state index contributed by atoms with van der Waals surface area (Å²) in [5, 5.41) is 3.98. The number of amides is 2. The van der Waals surface area contributed by atoms with Gasteiger partial charge < -0.3 is 10.2 Å². The van der Waals surface area contributed by atoms with Gasteiger partial charge in [-0.15, -0.1) is 11.3 Å². The predicted molar refractivity (Wildman–Crippen MR) is 120 cm³/mol. The second-order valence-corrected chi connectivity index (χ2v) is 8.67. The Morgan fingerprint density at radius 3 is 2.53 bits per heavy atom. The molecule has 1 aliphatic rings. The lowest BCUT2D eigenvalue weighted by atomic mass is 10.1. The number of hydrogen-bond donors (Lipinski definition) is 1. The van der Waals surface area contributed by atoms with E-state index >= 15 is 0 Å². The van der Waals surface area contributed by atoms with Crippen molar-refractivity contribution >= 4 is 33.4 Å². The number of fused-ring (bicyclic) bond motifs is 1. The predicted octanol–water partition coefficient (Wildman–Crippen LogP) is 3.07. The summed E-state index contributed by atoms with van der Waals surface area (Å²) < 4.78 is 1.22. The third kappa shape index (κ3) is 4.86. The molecule has 1 saturated heterocycles. The van der Waals surface area contributed by atoms with Crippen LogP contribution in [-0.4, -0.2) is 59.3 Å². The van der Waals surface area contributed by atoms with Crippen molar-refractivity contribution in [3.63, 3.8) is 0 Å². The highest BCUT2D eigenvalue weighted by molar-refractivity contribution is 7.18. The third-order valence-electron chi connectivity index (χ3n) is 5.44. The van der Waals surface area contributed by atoms with Gasteiger partial charge in [0.05, 0.1) is 16.8 Å². The number of carbonyl (C=O) groups is 2. The Hall–Kier alpha value is -2.77. The van der Waals surface area contributed by atoms with Gasteiger partial charge in [-0.1, -0.05) is 30.3 Å². The Labute approximate surface area is 180 Å². The maximum atomic E-state index is 12.5. The average Bonchev–Trinajstić information content (AvgIpc) is 3.16. The van der Waals surface area contributed by atoms with Gasteiger partial charge in [-0.05, 0) is 30.7 Å². The molecule has 2 heterocycles. The van der Waals surface area contributed by atoms with Crippen LogP contribution in [0, 0.1) is 6.92 Å². The fraction of sp³-hybridized carbons (Fsp3) is 0.348. The van der Waals surface area contributed by atoms with E-state index in [1.165, 1.54) is 4.70 Å². The lowest BCUT2D eigenvalue weighted by molar-refractivity contribution is -0.132. The van der Waals surface area contributed by atoms with Crippen molar-refractivity contribution in [2.75, 3.05) is 32.7 Å². The highest BCUT2D eigenvalue weighted by Crippen LogP contribution is 2.23. The highest BCUT2D eigenvalue weighted by atomic mass is 32.1. The van der Waals surface area contributed by atoms with Gasteiger partial charge in [0.2, 0.25) is 5.91 Å². The molecule has 0 radical (unpaired) electrons. The number of thiazole rings is 1. The molecule has 30 heavy (non-hydrogen) atoms. The third-order valence-corrected chi connectivity index (χ3v) is 6.46. The zero-order valence-corrected chi connectivity index (χ0v) is 18.0. The van der Waals surface area contributed by atoms with Crippen molar-refractivity contribution in [1.82, 2.24) is 20.1 Å². The molecule has 1 fully saturated rings. The van der Waals surface area contributed by atoms with E-state index in [2.05, 4.69) is 16.3 Å². The summed E-state index contributed by atoms with van der Waals surface area (Å²) in [6.07, 6.45) is 0.329. The number of piperazine rings is 1. The van der Waals surface area contributed by atoms with Crippen LogP contribution >= 0.6 is 11.3 Å². The molecule has 1 aliphatic heterocycles. The molecule has 1 aromatic heterocycles. The first-order valence-corrected chi connectivity index (χ1v) is 11.1. The first-order valence-electron chi connectivity index (χ1n) is 10.3. The van der Waals surface area contributed by atoms with Crippen LogP contribution in [0.4, 0.5) is 0 Å². The lowest BCUT2D eigenvalue weighted by Crippen LogP contribution is -2.48. The summed E-state index contributed by atoms with van der Waals surface area (Å²) in [5.74, 6) is -0.0266. The summed E-state index contributed by atoms with van der Waals surface area (Å²) in [7, 11) is 0. The van der Waals surface area contributed by atoms with Crippen LogP contribution in [0.5, 0.6) is 0 Å². The van der Waals surface area contributed by atoms with Gasteiger partial charge >= 0.3 is 0 Å². The molecule has 0 saturated carbocycles. The van der Waals surface area contributed by atoms with E-state index < -0.39 is 0 Å². The summed E-state index contributed by atoms with van der Waals surface area (Å²) in [6.45, 7) is 6.22. The average molecular weight is 423 g/mol. The molecule has 1 N–H and O–H groups in total. The van der Waals surface area contributed by atoms with Gasteiger partial charge in [-0.3, -0.25) is 14.5 Å². The molecule has 7 heteroatoms. The van der Waals surface area contributed by atoms with Gasteiger partial charge in [0.25, 0.3) is 5.91 Å². The van der Waals surface area contributed by atoms with Gasteiger partial charge in [0.15, 0.2) is 0 Å². The van der Waals surface area contributed by atoms with Crippen LogP contribution in [0.15, 0.2) is 48.5 Å². The van der Waals surface area contributed by atoms with Gasteiger partial charge in [0, 0.05) is 44.7 Å². The molecule has 0 bridgehead atoms. The van der Waals surface area contributed by atoms with Crippen LogP contribution in [0.2, 0.25) is 0 Å². The van der Waals surface area contributed by atoms with Crippen molar-refractivity contribution in [2.45, 2.75) is 19.9 Å². The standard InChI is InChI=1S/C23H26N4O2S/c1-17-6-2-3-7-18(17)23(29)24-11-10-22(28)27-14-12-26(13-15-27)16-21-25-19-8-4-5-9-20(19)30-21/h2-9H,10-16H2,1H3,(H,24,29). The van der Waals surface area contributed by atoms with Crippen molar-refractivity contribution in [3.8, 4) is 0 Å². The normalized spacial score (nSPS) is 14.8. The Morgan fingerprint density at radius 2 is 1.77 bits per heavy atom. The SMILES string of the molecule is Cc1ccccc1C(=O)NCCC(=O)N1CCN(Cc2nc3ccccc3s2)CC1. The Morgan fingerprint density at radius 1 is 1.03 bits per heavy atom. The minimum absolute atomic E-state index is 0.0970. The summed E-state index contributed by atoms with van der Waals surface area (Å²) >= 11 is 1.74. The fourth-order valence-electron chi connectivity index (χ4n) is 3.70. The van der Waals surface area contributed by atoms with Gasteiger partial charge in [-0.25, -0.2) is 4.98 Å². The van der Waals surface area contributed by atoms with Crippen LogP contribution < -0.4 is 5.32 Å². The number of nitrogens with zero attached hydrogens (tertiary/aromatic N) is 3. The maximum absolute atomic E-state index is 12.5. The van der Waals surface area contributed by atoms with Crippen molar-refractivity contribution in [2.24, 2.45) is 0 Å². The molecule has 3 aromatic rings. The Bertz CT molecular complexity index is 1010. The number of para-hydroxylation sites is 1. The maximum Gasteiger partial charge on any atom is 0.251 e. The highest BCUT2D eigenvalue weighted by Gasteiger charge is 2.22. The molecular weight excluding hydrogens is 396 g/mol. The largest absolute Gasteiger partial charge is 0.352 e. The lowest BCUT2D eigenvalue weighted by Gasteiger charge is -2.34. The topological polar surface area (TPSA) is 65.5 Å². The van der Waals surface area contributed by atoms with Crippen LogP contribution in [0.25, 0.3) is 10.2 Å². The number of aromatic nitrogens is 1. The molecule has 0 unspecified atom stereocenters. The molecule has 0 aliphatic carbocycles. The first kappa shape index (κ1) is 20.5. The second kappa shape index (κ2) is 9.36. The molecular formula is C23H26N4O2S. The van der Waals surface area contributed by atoms with Crippen LogP contribution in [0.3, 0.4) is 0 Å². The van der Waals surface area contributed by atoms with E-state index in [1.54, 1.807) is 17.4 Å². The van der Waals surface area contributed by atoms with E-state index in [1.807, 2.05) is 48.2 Å². The number of benzene rings is 2. The Balaban J connectivity index is 1.20. The second-order valence-electron chi connectivity index (χ2n) is 7.55. The molecule has 0 spiro atoms. The number of carbonyl (C=O) groups excluding carboxylic acids is 2. The van der Waals surface area contributed by atoms with Crippen molar-refractivity contribution < 1.29 is 9.59 Å². The van der Waals surface area contributed by atoms with Crippen molar-refractivity contribution in [3.05, 3.63) is 64.7 Å². The molecule has 4 rings (SSSR count). The number of aryl methyl sites for hydroxylation is 1. The molecule has 6 nitrogen and oxygen atoms in total. The quantitative estimate of drug-likeness (QED) is 0.663. The van der Waals surface area contributed by atoms with Crippen LogP contribution in [0.1, 0.15) is 27.3 Å². The van der Waals surface area contributed by atoms with E-state index in [4.69, 9.17) is 4.98 Å². The summed E-state index contributed by atoms with van der Waals surface area (Å²) in [5.41, 5.74) is 2.65. The number of nitrogens with one attached hydrogen (secondary N) is 1. The Kier molecular flexibility index (Phi) is 6.40. The molecule has 2 amide bonds. The monoisotopic (exact) mass is 422 g/mol. The van der Waals surface area contributed by atoms with E-state index in [-0.39, 0.29) is 11.8 Å². The molecule has 156 valence electrons. The van der Waals surface area contributed by atoms with Crippen molar-refractivity contribution in [1.29, 1.82) is 0 Å². The smallest absolute Gasteiger partial charge is 0.251 e. The van der Waals surface area contributed by atoms with Gasteiger partial charge in [-0.2, -0.15) is 0 Å². The fourth-order valence-corrected chi connectivity index (χ4v) is 4.71. The molecule has 0 atom stereocenters. The minimum Gasteiger partial charge on any atom is -0.352 e.